The van der Waals surface area contributed by atoms with E-state index in [9.17, 15) is 0 Å². The van der Waals surface area contributed by atoms with Crippen LogP contribution in [0, 0.1) is 0 Å². The van der Waals surface area contributed by atoms with Crippen LogP contribution >= 0.6 is 11.8 Å². The zero-order valence-corrected chi connectivity index (χ0v) is 28.2. The van der Waals surface area contributed by atoms with E-state index in [0.29, 0.717) is 0 Å². The normalized spacial score (nSPS) is 13.3. The molecule has 10 rings (SSSR count). The lowest BCUT2D eigenvalue weighted by Gasteiger charge is -2.43. The molecule has 0 atom stereocenters. The number of benzene rings is 9. The molecule has 1 aliphatic heterocycles. The lowest BCUT2D eigenvalue weighted by molar-refractivity contribution is 0.718. The van der Waals surface area contributed by atoms with Crippen LogP contribution in [0.1, 0.15) is 22.3 Å². The highest BCUT2D eigenvalue weighted by atomic mass is 32.2. The quantitative estimate of drug-likeness (QED) is 0.182. The number of fused-ring (bicyclic) bond motifs is 7. The van der Waals surface area contributed by atoms with E-state index in [4.69, 9.17) is 0 Å². The minimum absolute atomic E-state index is 0.550. The highest BCUT2D eigenvalue weighted by molar-refractivity contribution is 7.99. The van der Waals surface area contributed by atoms with Crippen molar-refractivity contribution in [3.05, 3.63) is 216 Å². The van der Waals surface area contributed by atoms with Crippen molar-refractivity contribution in [2.45, 2.75) is 15.2 Å². The summed E-state index contributed by atoms with van der Waals surface area (Å²) < 4.78 is 0. The standard InChI is InChI=1S/C49H32S/c1-3-13-33(14-4-1)40-23-11-17-37-18-12-24-41(46(37)40)36-25-29-39(30-26-36)49(38-19-5-2-6-20-38)47-42-21-9-7-15-34(42)27-31-44(47)50-45-32-28-35-16-8-10-22-43(35)48(45)49/h1-32H. The molecule has 9 aromatic carbocycles. The minimum Gasteiger partial charge on any atom is -0.0894 e. The number of hydrogen-bond donors (Lipinski definition) is 0. The molecule has 0 fully saturated rings. The summed E-state index contributed by atoms with van der Waals surface area (Å²) in [5, 5.41) is 7.65. The fourth-order valence-electron chi connectivity index (χ4n) is 8.46. The molecule has 9 aromatic rings. The van der Waals surface area contributed by atoms with Crippen molar-refractivity contribution in [2.24, 2.45) is 0 Å². The molecule has 50 heavy (non-hydrogen) atoms. The van der Waals surface area contributed by atoms with E-state index in [1.165, 1.54) is 86.6 Å². The zero-order chi connectivity index (χ0) is 33.1. The van der Waals surface area contributed by atoms with E-state index in [0.717, 1.165) is 0 Å². The van der Waals surface area contributed by atoms with Gasteiger partial charge < -0.3 is 0 Å². The van der Waals surface area contributed by atoms with Crippen LogP contribution in [0.25, 0.3) is 54.6 Å². The van der Waals surface area contributed by atoms with E-state index in [1.54, 1.807) is 0 Å². The van der Waals surface area contributed by atoms with Gasteiger partial charge in [0.1, 0.15) is 0 Å². The summed E-state index contributed by atoms with van der Waals surface area (Å²) in [6, 6.07) is 71.9. The molecule has 1 heterocycles. The van der Waals surface area contributed by atoms with Crippen LogP contribution in [0.15, 0.2) is 204 Å². The molecular formula is C49H32S. The Labute approximate surface area is 296 Å². The molecule has 0 spiro atoms. The van der Waals surface area contributed by atoms with Gasteiger partial charge in [-0.2, -0.15) is 0 Å². The van der Waals surface area contributed by atoms with Crippen LogP contribution in [-0.4, -0.2) is 0 Å². The molecule has 0 aromatic heterocycles. The molecule has 0 bridgehead atoms. The van der Waals surface area contributed by atoms with Crippen LogP contribution in [0.2, 0.25) is 0 Å². The first-order chi connectivity index (χ1) is 24.8. The largest absolute Gasteiger partial charge is 0.0894 e. The molecule has 0 N–H and O–H groups in total. The average molecular weight is 653 g/mol. The van der Waals surface area contributed by atoms with Gasteiger partial charge in [-0.3, -0.25) is 0 Å². The van der Waals surface area contributed by atoms with Crippen LogP contribution < -0.4 is 0 Å². The third kappa shape index (κ3) is 4.34. The first kappa shape index (κ1) is 29.1. The van der Waals surface area contributed by atoms with E-state index >= 15 is 0 Å². The van der Waals surface area contributed by atoms with E-state index in [1.807, 2.05) is 11.8 Å². The highest BCUT2D eigenvalue weighted by Gasteiger charge is 2.46. The van der Waals surface area contributed by atoms with Gasteiger partial charge in [-0.1, -0.05) is 194 Å². The summed E-state index contributed by atoms with van der Waals surface area (Å²) in [6.07, 6.45) is 0. The summed E-state index contributed by atoms with van der Waals surface area (Å²) in [4.78, 5) is 2.61. The fraction of sp³-hybridized carbons (Fsp3) is 0.0204. The topological polar surface area (TPSA) is 0 Å². The van der Waals surface area contributed by atoms with Crippen LogP contribution in [-0.2, 0) is 5.41 Å². The maximum absolute atomic E-state index is 2.40. The summed E-state index contributed by atoms with van der Waals surface area (Å²) in [5.74, 6) is 0. The third-order valence-corrected chi connectivity index (χ3v) is 11.7. The lowest BCUT2D eigenvalue weighted by Crippen LogP contribution is -2.34. The van der Waals surface area contributed by atoms with Crippen LogP contribution in [0.3, 0.4) is 0 Å². The van der Waals surface area contributed by atoms with Gasteiger partial charge in [0.2, 0.25) is 0 Å². The van der Waals surface area contributed by atoms with Crippen molar-refractivity contribution in [1.29, 1.82) is 0 Å². The van der Waals surface area contributed by atoms with Gasteiger partial charge in [0.05, 0.1) is 5.41 Å². The predicted molar refractivity (Wildman–Crippen MR) is 212 cm³/mol. The molecule has 1 aliphatic rings. The Morgan fingerprint density at radius 2 is 0.780 bits per heavy atom. The molecule has 0 amide bonds. The molecule has 1 heteroatoms. The van der Waals surface area contributed by atoms with Crippen molar-refractivity contribution in [3.8, 4) is 22.3 Å². The second-order valence-electron chi connectivity index (χ2n) is 13.2. The summed E-state index contributed by atoms with van der Waals surface area (Å²) in [5.41, 5.74) is 9.67. The molecule has 0 saturated carbocycles. The minimum atomic E-state index is -0.550. The second-order valence-corrected chi connectivity index (χ2v) is 14.3. The highest BCUT2D eigenvalue weighted by Crippen LogP contribution is 2.59. The molecule has 0 nitrogen and oxygen atoms in total. The Kier molecular flexibility index (Phi) is 6.75. The first-order valence-electron chi connectivity index (χ1n) is 17.3. The van der Waals surface area contributed by atoms with E-state index < -0.39 is 5.41 Å². The van der Waals surface area contributed by atoms with Gasteiger partial charge in [-0.25, -0.2) is 0 Å². The SMILES string of the molecule is c1ccc(-c2cccc3cccc(-c4ccc(C5(c6ccccc6)c6c(ccc7ccccc67)Sc6ccc7ccccc7c65)cc4)c23)cc1. The van der Waals surface area contributed by atoms with Gasteiger partial charge in [-0.05, 0) is 89.0 Å². The molecule has 0 aliphatic carbocycles. The zero-order valence-electron chi connectivity index (χ0n) is 27.4. The lowest BCUT2D eigenvalue weighted by atomic mass is 9.62. The monoisotopic (exact) mass is 652 g/mol. The van der Waals surface area contributed by atoms with E-state index in [2.05, 4.69) is 194 Å². The Morgan fingerprint density at radius 3 is 1.36 bits per heavy atom. The van der Waals surface area contributed by atoms with Gasteiger partial charge in [0, 0.05) is 9.79 Å². The van der Waals surface area contributed by atoms with Crippen molar-refractivity contribution < 1.29 is 0 Å². The first-order valence-corrected chi connectivity index (χ1v) is 18.1. The Balaban J connectivity index is 1.29. The molecule has 0 saturated heterocycles. The fourth-order valence-corrected chi connectivity index (χ4v) is 9.70. The molecule has 0 radical (unpaired) electrons. The van der Waals surface area contributed by atoms with Crippen molar-refractivity contribution in [1.82, 2.24) is 0 Å². The van der Waals surface area contributed by atoms with Gasteiger partial charge in [0.25, 0.3) is 0 Å². The molecule has 234 valence electrons. The van der Waals surface area contributed by atoms with Gasteiger partial charge >= 0.3 is 0 Å². The van der Waals surface area contributed by atoms with Crippen LogP contribution in [0.4, 0.5) is 0 Å². The van der Waals surface area contributed by atoms with Crippen LogP contribution in [0.5, 0.6) is 0 Å². The van der Waals surface area contributed by atoms with Gasteiger partial charge in [-0.15, -0.1) is 0 Å². The summed E-state index contributed by atoms with van der Waals surface area (Å²) in [6.45, 7) is 0. The molecule has 0 unspecified atom stereocenters. The van der Waals surface area contributed by atoms with E-state index in [-0.39, 0.29) is 0 Å². The third-order valence-electron chi connectivity index (χ3n) is 10.6. The van der Waals surface area contributed by atoms with Crippen molar-refractivity contribution >= 4 is 44.1 Å². The number of hydrogen-bond acceptors (Lipinski definition) is 1. The maximum Gasteiger partial charge on any atom is 0.0735 e. The average Bonchev–Trinajstić information content (AvgIpc) is 3.20. The Bertz CT molecular complexity index is 2620. The van der Waals surface area contributed by atoms with Gasteiger partial charge in [0.15, 0.2) is 0 Å². The molecular weight excluding hydrogens is 621 g/mol. The Hall–Kier alpha value is -5.89. The smallest absolute Gasteiger partial charge is 0.0735 e. The number of rotatable bonds is 4. The maximum atomic E-state index is 2.40. The Morgan fingerprint density at radius 1 is 0.320 bits per heavy atom. The predicted octanol–water partition coefficient (Wildman–Crippen LogP) is 13.3. The van der Waals surface area contributed by atoms with Crippen molar-refractivity contribution in [2.75, 3.05) is 0 Å². The second kappa shape index (κ2) is 11.6. The summed E-state index contributed by atoms with van der Waals surface area (Å²) >= 11 is 1.90. The summed E-state index contributed by atoms with van der Waals surface area (Å²) in [7, 11) is 0. The van der Waals surface area contributed by atoms with Crippen molar-refractivity contribution in [3.63, 3.8) is 0 Å².